The molecule has 0 aromatic heterocycles. The second-order valence-electron chi connectivity index (χ2n) is 4.68. The van der Waals surface area contributed by atoms with E-state index in [1.807, 2.05) is 24.3 Å². The summed E-state index contributed by atoms with van der Waals surface area (Å²) in [6.45, 7) is 3.80. The number of hydrogen-bond donors (Lipinski definition) is 1. The molecule has 0 spiro atoms. The van der Waals surface area contributed by atoms with Gasteiger partial charge in [0.25, 0.3) is 0 Å². The van der Waals surface area contributed by atoms with Crippen molar-refractivity contribution in [3.63, 3.8) is 0 Å². The summed E-state index contributed by atoms with van der Waals surface area (Å²) in [5.74, 6) is 0.529. The number of methoxy groups -OCH3 is 1. The second kappa shape index (κ2) is 5.30. The highest BCUT2D eigenvalue weighted by Crippen LogP contribution is 2.22. The molecule has 0 saturated carbocycles. The van der Waals surface area contributed by atoms with Crippen LogP contribution < -0.4 is 10.1 Å². The summed E-state index contributed by atoms with van der Waals surface area (Å²) in [5, 5.41) is 2.66. The van der Waals surface area contributed by atoms with Crippen LogP contribution >= 0.6 is 0 Å². The Bertz CT molecular complexity index is 501. The molecule has 1 N–H and O–H groups in total. The normalized spacial score (nSPS) is 23.2. The molecule has 0 radical (unpaired) electrons. The van der Waals surface area contributed by atoms with E-state index in [0.717, 1.165) is 11.3 Å². The van der Waals surface area contributed by atoms with Crippen LogP contribution in [0.5, 0.6) is 5.75 Å². The zero-order chi connectivity index (χ0) is 14.0. The van der Waals surface area contributed by atoms with E-state index in [0.29, 0.717) is 6.54 Å². The Labute approximate surface area is 112 Å². The molecule has 2 atom stereocenters. The minimum Gasteiger partial charge on any atom is -0.496 e. The average Bonchev–Trinajstić information content (AvgIpc) is 2.42. The summed E-state index contributed by atoms with van der Waals surface area (Å²) in [7, 11) is 1.59. The number of carbonyl (C=O) groups is 2. The van der Waals surface area contributed by atoms with Gasteiger partial charge in [-0.05, 0) is 19.9 Å². The van der Waals surface area contributed by atoms with E-state index in [-0.39, 0.29) is 11.8 Å². The van der Waals surface area contributed by atoms with E-state index in [1.54, 1.807) is 25.9 Å². The topological polar surface area (TPSA) is 58.6 Å². The van der Waals surface area contributed by atoms with Crippen LogP contribution in [-0.4, -0.2) is 35.9 Å². The lowest BCUT2D eigenvalue weighted by Crippen LogP contribution is -2.60. The number of nitrogens with zero attached hydrogens (tertiary/aromatic N) is 1. The van der Waals surface area contributed by atoms with Crippen LogP contribution in [0.2, 0.25) is 0 Å². The van der Waals surface area contributed by atoms with Crippen LogP contribution in [0.15, 0.2) is 24.3 Å². The van der Waals surface area contributed by atoms with Crippen LogP contribution in [0.4, 0.5) is 0 Å². The van der Waals surface area contributed by atoms with Gasteiger partial charge in [-0.2, -0.15) is 0 Å². The molecule has 1 heterocycles. The number of piperazine rings is 1. The first-order valence-corrected chi connectivity index (χ1v) is 6.27. The zero-order valence-electron chi connectivity index (χ0n) is 11.3. The molecule has 5 heteroatoms. The number of amides is 2. The van der Waals surface area contributed by atoms with E-state index in [2.05, 4.69) is 5.32 Å². The summed E-state index contributed by atoms with van der Waals surface area (Å²) < 4.78 is 5.27. The average molecular weight is 262 g/mol. The number of ether oxygens (including phenoxy) is 1. The second-order valence-corrected chi connectivity index (χ2v) is 4.68. The highest BCUT2D eigenvalue weighted by Gasteiger charge is 2.35. The van der Waals surface area contributed by atoms with Crippen LogP contribution in [-0.2, 0) is 16.1 Å². The minimum atomic E-state index is -0.474. The largest absolute Gasteiger partial charge is 0.496 e. The number of para-hydroxylation sites is 1. The Kier molecular flexibility index (Phi) is 3.74. The van der Waals surface area contributed by atoms with E-state index >= 15 is 0 Å². The maximum atomic E-state index is 12.2. The van der Waals surface area contributed by atoms with E-state index < -0.39 is 12.1 Å². The molecule has 1 aliphatic heterocycles. The first-order chi connectivity index (χ1) is 9.04. The molecule has 1 aromatic carbocycles. The Hall–Kier alpha value is -2.04. The Morgan fingerprint density at radius 2 is 1.95 bits per heavy atom. The Morgan fingerprint density at radius 1 is 1.26 bits per heavy atom. The van der Waals surface area contributed by atoms with Crippen molar-refractivity contribution in [3.05, 3.63) is 29.8 Å². The highest BCUT2D eigenvalue weighted by atomic mass is 16.5. The fourth-order valence-corrected chi connectivity index (χ4v) is 2.21. The predicted octanol–water partition coefficient (Wildman–Crippen LogP) is 0.931. The first-order valence-electron chi connectivity index (χ1n) is 6.27. The van der Waals surface area contributed by atoms with Crippen molar-refractivity contribution < 1.29 is 14.3 Å². The van der Waals surface area contributed by atoms with Gasteiger partial charge in [-0.3, -0.25) is 9.59 Å². The molecular formula is C14H18N2O3. The summed E-state index contributed by atoms with van der Waals surface area (Å²) in [4.78, 5) is 25.5. The van der Waals surface area contributed by atoms with Crippen LogP contribution in [0.25, 0.3) is 0 Å². The van der Waals surface area contributed by atoms with Crippen LogP contribution in [0.3, 0.4) is 0 Å². The van der Waals surface area contributed by atoms with Gasteiger partial charge in [-0.15, -0.1) is 0 Å². The van der Waals surface area contributed by atoms with E-state index in [1.165, 1.54) is 0 Å². The van der Waals surface area contributed by atoms with Crippen molar-refractivity contribution in [3.8, 4) is 5.75 Å². The molecule has 1 fully saturated rings. The number of nitrogens with one attached hydrogen (secondary N) is 1. The molecule has 1 aromatic rings. The number of carbonyl (C=O) groups excluding carboxylic acids is 2. The van der Waals surface area contributed by atoms with E-state index in [9.17, 15) is 9.59 Å². The molecule has 2 unspecified atom stereocenters. The van der Waals surface area contributed by atoms with Crippen molar-refractivity contribution in [1.29, 1.82) is 0 Å². The molecule has 19 heavy (non-hydrogen) atoms. The summed E-state index contributed by atoms with van der Waals surface area (Å²) in [6, 6.07) is 6.57. The number of hydrogen-bond acceptors (Lipinski definition) is 3. The van der Waals surface area contributed by atoms with Gasteiger partial charge in [0.1, 0.15) is 17.8 Å². The molecule has 0 bridgehead atoms. The third kappa shape index (κ3) is 2.54. The highest BCUT2D eigenvalue weighted by molar-refractivity contribution is 5.96. The quantitative estimate of drug-likeness (QED) is 0.881. The van der Waals surface area contributed by atoms with Gasteiger partial charge in [0, 0.05) is 5.56 Å². The SMILES string of the molecule is COc1ccccc1CN1C(=O)C(C)NC(=O)C1C. The van der Waals surface area contributed by atoms with Crippen LogP contribution in [0.1, 0.15) is 19.4 Å². The summed E-state index contributed by atoms with van der Waals surface area (Å²) in [5.41, 5.74) is 0.895. The monoisotopic (exact) mass is 262 g/mol. The standard InChI is InChI=1S/C14H18N2O3/c1-9-14(18)16(10(2)13(17)15-9)8-11-6-4-5-7-12(11)19-3/h4-7,9-10H,8H2,1-3H3,(H,15,17). The van der Waals surface area contributed by atoms with Crippen molar-refractivity contribution in [2.45, 2.75) is 32.5 Å². The van der Waals surface area contributed by atoms with Gasteiger partial charge in [0.2, 0.25) is 11.8 Å². The smallest absolute Gasteiger partial charge is 0.245 e. The summed E-state index contributed by atoms with van der Waals surface area (Å²) in [6.07, 6.45) is 0. The Balaban J connectivity index is 2.25. The third-order valence-corrected chi connectivity index (χ3v) is 3.39. The maximum Gasteiger partial charge on any atom is 0.245 e. The minimum absolute atomic E-state index is 0.0713. The molecule has 2 rings (SSSR count). The van der Waals surface area contributed by atoms with Gasteiger partial charge in [0.05, 0.1) is 13.7 Å². The van der Waals surface area contributed by atoms with Crippen molar-refractivity contribution in [2.75, 3.05) is 7.11 Å². The van der Waals surface area contributed by atoms with Crippen molar-refractivity contribution in [2.24, 2.45) is 0 Å². The fourth-order valence-electron chi connectivity index (χ4n) is 2.21. The Morgan fingerprint density at radius 3 is 2.63 bits per heavy atom. The first kappa shape index (κ1) is 13.4. The summed E-state index contributed by atoms with van der Waals surface area (Å²) >= 11 is 0. The molecule has 1 aliphatic rings. The van der Waals surface area contributed by atoms with Crippen molar-refractivity contribution >= 4 is 11.8 Å². The van der Waals surface area contributed by atoms with Gasteiger partial charge in [-0.25, -0.2) is 0 Å². The zero-order valence-corrected chi connectivity index (χ0v) is 11.3. The molecule has 5 nitrogen and oxygen atoms in total. The van der Waals surface area contributed by atoms with Gasteiger partial charge < -0.3 is 15.0 Å². The molecule has 1 saturated heterocycles. The predicted molar refractivity (Wildman–Crippen MR) is 70.6 cm³/mol. The van der Waals surface area contributed by atoms with Gasteiger partial charge in [0.15, 0.2) is 0 Å². The lowest BCUT2D eigenvalue weighted by atomic mass is 10.1. The van der Waals surface area contributed by atoms with E-state index in [4.69, 9.17) is 4.74 Å². The molecule has 2 amide bonds. The van der Waals surface area contributed by atoms with Crippen LogP contribution in [0, 0.1) is 0 Å². The molecular weight excluding hydrogens is 244 g/mol. The number of rotatable bonds is 3. The molecule has 0 aliphatic carbocycles. The lowest BCUT2D eigenvalue weighted by Gasteiger charge is -2.36. The maximum absolute atomic E-state index is 12.2. The third-order valence-electron chi connectivity index (χ3n) is 3.39. The molecule has 102 valence electrons. The lowest BCUT2D eigenvalue weighted by molar-refractivity contribution is -0.148. The fraction of sp³-hybridized carbons (Fsp3) is 0.429. The van der Waals surface area contributed by atoms with Gasteiger partial charge >= 0.3 is 0 Å². The van der Waals surface area contributed by atoms with Gasteiger partial charge in [-0.1, -0.05) is 18.2 Å². The van der Waals surface area contributed by atoms with Crippen molar-refractivity contribution in [1.82, 2.24) is 10.2 Å². The number of benzene rings is 1.